The molecule has 1 aliphatic heterocycles. The number of rotatable bonds is 6. The molecular formula is C21H27NO8. The van der Waals surface area contributed by atoms with Gasteiger partial charge in [0.25, 0.3) is 5.91 Å². The molecule has 0 bridgehead atoms. The third kappa shape index (κ3) is 6.28. The number of ether oxygens (including phenoxy) is 4. The Bertz CT molecular complexity index is 813. The molecule has 1 heterocycles. The molecule has 9 nitrogen and oxygen atoms in total. The topological polar surface area (TPSA) is 108 Å². The first kappa shape index (κ1) is 23.3. The molecule has 0 aromatic heterocycles. The summed E-state index contributed by atoms with van der Waals surface area (Å²) in [6, 6.07) is 6.84. The van der Waals surface area contributed by atoms with Crippen molar-refractivity contribution >= 4 is 29.5 Å². The van der Waals surface area contributed by atoms with Crippen LogP contribution in [0.3, 0.4) is 0 Å². The van der Waals surface area contributed by atoms with E-state index in [1.54, 1.807) is 45.0 Å². The van der Waals surface area contributed by atoms with E-state index in [-0.39, 0.29) is 19.6 Å². The summed E-state index contributed by atoms with van der Waals surface area (Å²) in [6.07, 6.45) is -2.82. The fourth-order valence-electron chi connectivity index (χ4n) is 2.92. The molecule has 1 amide bonds. The molecule has 0 N–H and O–H groups in total. The van der Waals surface area contributed by atoms with E-state index in [0.717, 1.165) is 6.92 Å². The third-order valence-electron chi connectivity index (χ3n) is 4.13. The Morgan fingerprint density at radius 1 is 1.27 bits per heavy atom. The van der Waals surface area contributed by atoms with Crippen LogP contribution >= 0.6 is 0 Å². The van der Waals surface area contributed by atoms with Gasteiger partial charge in [-0.05, 0) is 38.5 Å². The maximum absolute atomic E-state index is 13.1. The lowest BCUT2D eigenvalue weighted by Gasteiger charge is -2.35. The Hall–Kier alpha value is -2.94. The van der Waals surface area contributed by atoms with Crippen LogP contribution in [-0.2, 0) is 44.5 Å². The molecule has 0 saturated carbocycles. The van der Waals surface area contributed by atoms with Crippen LogP contribution in [0, 0.1) is 0 Å². The zero-order valence-corrected chi connectivity index (χ0v) is 17.8. The van der Waals surface area contributed by atoms with E-state index in [4.69, 9.17) is 14.2 Å². The van der Waals surface area contributed by atoms with Gasteiger partial charge in [0.05, 0.1) is 20.1 Å². The van der Waals surface area contributed by atoms with Gasteiger partial charge in [-0.25, -0.2) is 4.79 Å². The molecule has 1 unspecified atom stereocenters. The van der Waals surface area contributed by atoms with Gasteiger partial charge in [0.2, 0.25) is 6.10 Å². The van der Waals surface area contributed by atoms with E-state index in [9.17, 15) is 19.2 Å². The summed E-state index contributed by atoms with van der Waals surface area (Å²) < 4.78 is 20.6. The number of anilines is 1. The lowest BCUT2D eigenvalue weighted by atomic mass is 10.1. The van der Waals surface area contributed by atoms with Crippen molar-refractivity contribution in [3.05, 3.63) is 29.8 Å². The van der Waals surface area contributed by atoms with Gasteiger partial charge < -0.3 is 23.8 Å². The van der Waals surface area contributed by atoms with Crippen LogP contribution in [0.5, 0.6) is 0 Å². The Balaban J connectivity index is 2.27. The molecule has 164 valence electrons. The number of nitrogens with zero attached hydrogens (tertiary/aromatic N) is 1. The average molecular weight is 421 g/mol. The van der Waals surface area contributed by atoms with Gasteiger partial charge in [0.15, 0.2) is 6.10 Å². The van der Waals surface area contributed by atoms with Crippen molar-refractivity contribution in [3.63, 3.8) is 0 Å². The normalized spacial score (nSPS) is 17.8. The van der Waals surface area contributed by atoms with Crippen molar-refractivity contribution in [1.29, 1.82) is 0 Å². The van der Waals surface area contributed by atoms with Crippen LogP contribution in [0.15, 0.2) is 24.3 Å². The number of esters is 3. The van der Waals surface area contributed by atoms with Crippen molar-refractivity contribution in [2.45, 2.75) is 51.9 Å². The van der Waals surface area contributed by atoms with Crippen molar-refractivity contribution in [2.75, 3.05) is 25.2 Å². The lowest BCUT2D eigenvalue weighted by Crippen LogP contribution is -2.56. The lowest BCUT2D eigenvalue weighted by molar-refractivity contribution is -0.188. The second-order valence-electron chi connectivity index (χ2n) is 7.77. The molecule has 2 rings (SSSR count). The first-order valence-corrected chi connectivity index (χ1v) is 9.50. The Morgan fingerprint density at radius 3 is 2.57 bits per heavy atom. The molecule has 30 heavy (non-hydrogen) atoms. The van der Waals surface area contributed by atoms with Crippen LogP contribution in [0.1, 0.15) is 33.3 Å². The number of benzene rings is 1. The Labute approximate surface area is 175 Å². The molecule has 1 aliphatic rings. The fraction of sp³-hybridized carbons (Fsp3) is 0.524. The van der Waals surface area contributed by atoms with Gasteiger partial charge in [-0.2, -0.15) is 0 Å². The molecule has 0 radical (unpaired) electrons. The zero-order valence-electron chi connectivity index (χ0n) is 17.8. The quantitative estimate of drug-likeness (QED) is 0.501. The minimum absolute atomic E-state index is 0.0558. The Kier molecular flexibility index (Phi) is 7.55. The maximum atomic E-state index is 13.1. The van der Waals surface area contributed by atoms with Crippen LogP contribution in [0.25, 0.3) is 0 Å². The number of morpholine rings is 1. The van der Waals surface area contributed by atoms with Gasteiger partial charge in [-0.3, -0.25) is 14.4 Å². The first-order valence-electron chi connectivity index (χ1n) is 9.50. The molecule has 9 heteroatoms. The smallest absolute Gasteiger partial charge is 0.351 e. The van der Waals surface area contributed by atoms with Gasteiger partial charge in [-0.15, -0.1) is 0 Å². The van der Waals surface area contributed by atoms with E-state index in [1.165, 1.54) is 12.0 Å². The summed E-state index contributed by atoms with van der Waals surface area (Å²) in [6.45, 7) is 6.49. The molecule has 1 aromatic carbocycles. The summed E-state index contributed by atoms with van der Waals surface area (Å²) in [5, 5.41) is 0. The van der Waals surface area contributed by atoms with Gasteiger partial charge in [0.1, 0.15) is 5.60 Å². The predicted octanol–water partition coefficient (Wildman–Crippen LogP) is 1.41. The number of carbonyl (C=O) groups excluding carboxylic acids is 4. The molecule has 2 atom stereocenters. The highest BCUT2D eigenvalue weighted by Crippen LogP contribution is 2.24. The third-order valence-corrected chi connectivity index (χ3v) is 4.13. The van der Waals surface area contributed by atoms with E-state index in [0.29, 0.717) is 11.3 Å². The number of methoxy groups -OCH3 is 1. The van der Waals surface area contributed by atoms with E-state index in [2.05, 4.69) is 4.74 Å². The van der Waals surface area contributed by atoms with Gasteiger partial charge in [0, 0.05) is 19.2 Å². The minimum atomic E-state index is -1.53. The monoisotopic (exact) mass is 421 g/mol. The van der Waals surface area contributed by atoms with Crippen molar-refractivity contribution in [2.24, 2.45) is 0 Å². The predicted molar refractivity (Wildman–Crippen MR) is 106 cm³/mol. The average Bonchev–Trinajstić information content (AvgIpc) is 2.65. The summed E-state index contributed by atoms with van der Waals surface area (Å²) >= 11 is 0. The summed E-state index contributed by atoms with van der Waals surface area (Å²) in [4.78, 5) is 50.2. The van der Waals surface area contributed by atoms with E-state index in [1.807, 2.05) is 0 Å². The Morgan fingerprint density at radius 2 is 1.97 bits per heavy atom. The number of hydrogen-bond acceptors (Lipinski definition) is 8. The minimum Gasteiger partial charge on any atom is -0.469 e. The maximum Gasteiger partial charge on any atom is 0.351 e. The van der Waals surface area contributed by atoms with Crippen molar-refractivity contribution in [3.8, 4) is 0 Å². The summed E-state index contributed by atoms with van der Waals surface area (Å²) in [5.41, 5.74) is 0.356. The zero-order chi connectivity index (χ0) is 22.5. The van der Waals surface area contributed by atoms with Crippen LogP contribution in [0.2, 0.25) is 0 Å². The summed E-state index contributed by atoms with van der Waals surface area (Å²) in [5.74, 6) is -2.55. The molecule has 1 fully saturated rings. The number of hydrogen-bond donors (Lipinski definition) is 0. The highest BCUT2D eigenvalue weighted by molar-refractivity contribution is 6.01. The molecule has 0 aliphatic carbocycles. The standard InChI is InChI=1S/C21H27NO8/c1-13(23)29-18(20(26)30-21(2,3)4)17-19(25)22(9-10-28-17)15-8-6-7-14(11-15)12-16(24)27-5/h6-8,11,17-18H,9-10,12H2,1-5H3/t17-,18?/m1/s1. The highest BCUT2D eigenvalue weighted by atomic mass is 16.6. The van der Waals surface area contributed by atoms with Gasteiger partial charge >= 0.3 is 17.9 Å². The molecule has 1 saturated heterocycles. The SMILES string of the molecule is COC(=O)Cc1cccc(N2CCO[C@H](C(OC(C)=O)C(=O)OC(C)(C)C)C2=O)c1. The fourth-order valence-corrected chi connectivity index (χ4v) is 2.92. The van der Waals surface area contributed by atoms with Crippen LogP contribution < -0.4 is 4.90 Å². The molecule has 1 aromatic rings. The van der Waals surface area contributed by atoms with Crippen molar-refractivity contribution < 1.29 is 38.1 Å². The summed E-state index contributed by atoms with van der Waals surface area (Å²) in [7, 11) is 1.30. The van der Waals surface area contributed by atoms with Crippen LogP contribution in [-0.4, -0.2) is 61.9 Å². The molecule has 0 spiro atoms. The number of carbonyl (C=O) groups is 4. The second-order valence-corrected chi connectivity index (χ2v) is 7.77. The largest absolute Gasteiger partial charge is 0.469 e. The second kappa shape index (κ2) is 9.71. The van der Waals surface area contributed by atoms with Crippen LogP contribution in [0.4, 0.5) is 5.69 Å². The number of amides is 1. The highest BCUT2D eigenvalue weighted by Gasteiger charge is 2.44. The van der Waals surface area contributed by atoms with E-state index >= 15 is 0 Å². The van der Waals surface area contributed by atoms with E-state index < -0.39 is 41.6 Å². The molecular weight excluding hydrogens is 394 g/mol. The van der Waals surface area contributed by atoms with Crippen molar-refractivity contribution in [1.82, 2.24) is 0 Å². The van der Waals surface area contributed by atoms with Gasteiger partial charge in [-0.1, -0.05) is 12.1 Å². The first-order chi connectivity index (χ1) is 14.0.